The molecule has 2 aromatic carbocycles. The molecular formula is C23H26N2O3. The van der Waals surface area contributed by atoms with Crippen molar-refractivity contribution in [1.29, 1.82) is 0 Å². The van der Waals surface area contributed by atoms with Crippen LogP contribution in [0.25, 0.3) is 10.9 Å². The molecule has 1 aliphatic heterocycles. The lowest BCUT2D eigenvalue weighted by atomic mass is 9.94. The van der Waals surface area contributed by atoms with E-state index in [0.717, 1.165) is 24.8 Å². The summed E-state index contributed by atoms with van der Waals surface area (Å²) in [5.41, 5.74) is 4.93. The van der Waals surface area contributed by atoms with E-state index in [2.05, 4.69) is 41.5 Å². The number of hydrogen-bond donors (Lipinski definition) is 1. The lowest BCUT2D eigenvalue weighted by Crippen LogP contribution is -2.46. The largest absolute Gasteiger partial charge is 0.361 e. The first kappa shape index (κ1) is 18.7. The van der Waals surface area contributed by atoms with Gasteiger partial charge >= 0.3 is 0 Å². The highest BCUT2D eigenvalue weighted by atomic mass is 17.2. The summed E-state index contributed by atoms with van der Waals surface area (Å²) < 4.78 is 0. The number of fused-ring (bicyclic) bond motifs is 2. The molecule has 0 fully saturated rings. The molecule has 0 saturated heterocycles. The third-order valence-electron chi connectivity index (χ3n) is 5.57. The third kappa shape index (κ3) is 3.96. The van der Waals surface area contributed by atoms with Crippen LogP contribution in [0.4, 0.5) is 0 Å². The highest BCUT2D eigenvalue weighted by Crippen LogP contribution is 2.25. The Kier molecular flexibility index (Phi) is 5.74. The zero-order chi connectivity index (χ0) is 19.3. The van der Waals surface area contributed by atoms with Crippen molar-refractivity contribution in [2.75, 3.05) is 13.7 Å². The number of carbonyl (C=O) groups is 1. The predicted octanol–water partition coefficient (Wildman–Crippen LogP) is 4.02. The highest BCUT2D eigenvalue weighted by molar-refractivity contribution is 5.83. The SMILES string of the molecule is COOCC1Cc2ccccc2CN1C(=O)CCCc1c[nH]c2ccccc12. The van der Waals surface area contributed by atoms with Gasteiger partial charge in [-0.05, 0) is 42.0 Å². The average Bonchev–Trinajstić information content (AvgIpc) is 3.14. The second-order valence-corrected chi connectivity index (χ2v) is 7.31. The summed E-state index contributed by atoms with van der Waals surface area (Å²) in [5.74, 6) is 0.180. The summed E-state index contributed by atoms with van der Waals surface area (Å²) in [6.45, 7) is 1.03. The number of rotatable bonds is 7. The lowest BCUT2D eigenvalue weighted by Gasteiger charge is -2.36. The molecule has 1 unspecified atom stereocenters. The molecule has 3 aromatic rings. The number of H-pyrrole nitrogens is 1. The molecule has 1 atom stereocenters. The van der Waals surface area contributed by atoms with Crippen LogP contribution in [0.5, 0.6) is 0 Å². The quantitative estimate of drug-likeness (QED) is 0.499. The lowest BCUT2D eigenvalue weighted by molar-refractivity contribution is -0.280. The van der Waals surface area contributed by atoms with Crippen molar-refractivity contribution in [2.45, 2.75) is 38.3 Å². The summed E-state index contributed by atoms with van der Waals surface area (Å²) >= 11 is 0. The van der Waals surface area contributed by atoms with Gasteiger partial charge in [0.1, 0.15) is 6.61 Å². The van der Waals surface area contributed by atoms with E-state index in [1.54, 1.807) is 0 Å². The van der Waals surface area contributed by atoms with E-state index in [1.165, 1.54) is 29.2 Å². The first-order chi connectivity index (χ1) is 13.8. The molecule has 1 aromatic heterocycles. The van der Waals surface area contributed by atoms with Gasteiger partial charge in [0, 0.05) is 30.1 Å². The van der Waals surface area contributed by atoms with Crippen molar-refractivity contribution in [2.24, 2.45) is 0 Å². The monoisotopic (exact) mass is 378 g/mol. The van der Waals surface area contributed by atoms with E-state index in [0.29, 0.717) is 19.6 Å². The van der Waals surface area contributed by atoms with Crippen LogP contribution in [0.15, 0.2) is 54.7 Å². The number of carbonyl (C=O) groups excluding carboxylic acids is 1. The molecule has 0 spiro atoms. The fourth-order valence-electron chi connectivity index (χ4n) is 4.09. The fraction of sp³-hybridized carbons (Fsp3) is 0.348. The van der Waals surface area contributed by atoms with Crippen molar-refractivity contribution in [3.8, 4) is 0 Å². The van der Waals surface area contributed by atoms with Crippen LogP contribution >= 0.6 is 0 Å². The molecule has 0 aliphatic carbocycles. The van der Waals surface area contributed by atoms with Crippen LogP contribution in [-0.4, -0.2) is 35.5 Å². The second kappa shape index (κ2) is 8.59. The van der Waals surface area contributed by atoms with Crippen molar-refractivity contribution < 1.29 is 14.6 Å². The first-order valence-electron chi connectivity index (χ1n) is 9.83. The molecule has 4 rings (SSSR count). The van der Waals surface area contributed by atoms with Crippen molar-refractivity contribution in [3.05, 3.63) is 71.4 Å². The standard InChI is InChI=1S/C23H26N2O3/c1-27-28-16-20-13-17-7-2-3-8-19(17)15-25(20)23(26)12-6-9-18-14-24-22-11-5-4-10-21(18)22/h2-5,7-8,10-11,14,20,24H,6,9,12-13,15-16H2,1H3. The Morgan fingerprint density at radius 1 is 1.14 bits per heavy atom. The van der Waals surface area contributed by atoms with E-state index < -0.39 is 0 Å². The maximum atomic E-state index is 13.0. The number of hydrogen-bond acceptors (Lipinski definition) is 3. The van der Waals surface area contributed by atoms with Gasteiger partial charge in [0.2, 0.25) is 5.91 Å². The molecule has 0 bridgehead atoms. The first-order valence-corrected chi connectivity index (χ1v) is 9.83. The highest BCUT2D eigenvalue weighted by Gasteiger charge is 2.29. The van der Waals surface area contributed by atoms with Gasteiger partial charge in [-0.2, -0.15) is 0 Å². The Balaban J connectivity index is 1.40. The molecule has 2 heterocycles. The molecule has 1 aliphatic rings. The van der Waals surface area contributed by atoms with Gasteiger partial charge in [-0.15, -0.1) is 0 Å². The summed E-state index contributed by atoms with van der Waals surface area (Å²) in [6, 6.07) is 16.6. The van der Waals surface area contributed by atoms with Gasteiger partial charge < -0.3 is 9.88 Å². The molecule has 146 valence electrons. The number of nitrogens with zero attached hydrogens (tertiary/aromatic N) is 1. The summed E-state index contributed by atoms with van der Waals surface area (Å²) in [5, 5.41) is 1.24. The summed E-state index contributed by atoms with van der Waals surface area (Å²) in [6.07, 6.45) is 5.11. The molecule has 5 heteroatoms. The summed E-state index contributed by atoms with van der Waals surface area (Å²) in [7, 11) is 1.50. The number of para-hydroxylation sites is 1. The third-order valence-corrected chi connectivity index (χ3v) is 5.57. The van der Waals surface area contributed by atoms with E-state index in [-0.39, 0.29) is 11.9 Å². The Hall–Kier alpha value is -2.63. The van der Waals surface area contributed by atoms with Crippen molar-refractivity contribution in [3.63, 3.8) is 0 Å². The topological polar surface area (TPSA) is 54.6 Å². The molecular weight excluding hydrogens is 352 g/mol. The van der Waals surface area contributed by atoms with Crippen LogP contribution in [-0.2, 0) is 34.0 Å². The fourth-order valence-corrected chi connectivity index (χ4v) is 4.09. The number of aryl methyl sites for hydroxylation is 1. The van der Waals surface area contributed by atoms with Crippen molar-refractivity contribution in [1.82, 2.24) is 9.88 Å². The van der Waals surface area contributed by atoms with Crippen LogP contribution in [0.2, 0.25) is 0 Å². The molecule has 1 N–H and O–H groups in total. The van der Waals surface area contributed by atoms with Gasteiger partial charge in [-0.3, -0.25) is 4.79 Å². The van der Waals surface area contributed by atoms with E-state index >= 15 is 0 Å². The van der Waals surface area contributed by atoms with E-state index in [9.17, 15) is 4.79 Å². The molecule has 28 heavy (non-hydrogen) atoms. The van der Waals surface area contributed by atoms with E-state index in [1.807, 2.05) is 23.1 Å². The minimum atomic E-state index is 0.00967. The van der Waals surface area contributed by atoms with Crippen LogP contribution in [0, 0.1) is 0 Å². The van der Waals surface area contributed by atoms with Gasteiger partial charge in [0.05, 0.1) is 13.2 Å². The van der Waals surface area contributed by atoms with E-state index in [4.69, 9.17) is 9.78 Å². The maximum absolute atomic E-state index is 13.0. The van der Waals surface area contributed by atoms with Gasteiger partial charge in [-0.1, -0.05) is 42.5 Å². The second-order valence-electron chi connectivity index (χ2n) is 7.31. The van der Waals surface area contributed by atoms with Gasteiger partial charge in [-0.25, -0.2) is 9.78 Å². The zero-order valence-electron chi connectivity index (χ0n) is 16.2. The molecule has 5 nitrogen and oxygen atoms in total. The minimum Gasteiger partial charge on any atom is -0.361 e. The Labute approximate surface area is 165 Å². The normalized spacial score (nSPS) is 16.3. The Morgan fingerprint density at radius 3 is 2.79 bits per heavy atom. The van der Waals surface area contributed by atoms with Crippen molar-refractivity contribution >= 4 is 16.8 Å². The maximum Gasteiger partial charge on any atom is 0.223 e. The molecule has 1 amide bonds. The predicted molar refractivity (Wildman–Crippen MR) is 109 cm³/mol. The van der Waals surface area contributed by atoms with Crippen LogP contribution in [0.3, 0.4) is 0 Å². The molecule has 0 saturated carbocycles. The van der Waals surface area contributed by atoms with Gasteiger partial charge in [0.25, 0.3) is 0 Å². The van der Waals surface area contributed by atoms with Crippen LogP contribution in [0.1, 0.15) is 29.5 Å². The van der Waals surface area contributed by atoms with Gasteiger partial charge in [0.15, 0.2) is 0 Å². The zero-order valence-corrected chi connectivity index (χ0v) is 16.2. The summed E-state index contributed by atoms with van der Waals surface area (Å²) in [4.78, 5) is 28.2. The molecule has 0 radical (unpaired) electrons. The van der Waals surface area contributed by atoms with Crippen LogP contribution < -0.4 is 0 Å². The average molecular weight is 378 g/mol. The Morgan fingerprint density at radius 2 is 1.93 bits per heavy atom. The number of nitrogens with one attached hydrogen (secondary N) is 1. The number of aromatic amines is 1. The number of amides is 1. The Bertz CT molecular complexity index is 950. The number of aromatic nitrogens is 1. The minimum absolute atomic E-state index is 0.00967. The smallest absolute Gasteiger partial charge is 0.223 e. The number of benzene rings is 2.